The van der Waals surface area contributed by atoms with Crippen LogP contribution in [0.1, 0.15) is 18.4 Å². The van der Waals surface area contributed by atoms with Gasteiger partial charge in [-0.1, -0.05) is 0 Å². The van der Waals surface area contributed by atoms with Gasteiger partial charge in [0, 0.05) is 31.6 Å². The van der Waals surface area contributed by atoms with Gasteiger partial charge < -0.3 is 15.8 Å². The van der Waals surface area contributed by atoms with Crippen molar-refractivity contribution in [2.45, 2.75) is 19.8 Å². The van der Waals surface area contributed by atoms with E-state index < -0.39 is 11.2 Å². The molecule has 0 atom stereocenters. The Labute approximate surface area is 151 Å². The Morgan fingerprint density at radius 2 is 2.16 bits per heavy atom. The van der Waals surface area contributed by atoms with E-state index in [4.69, 9.17) is 10.5 Å². The summed E-state index contributed by atoms with van der Waals surface area (Å²) in [5, 5.41) is 6.88. The number of benzene rings is 1. The molecule has 0 spiro atoms. The van der Waals surface area contributed by atoms with Crippen LogP contribution >= 0.6 is 12.4 Å². The zero-order valence-electron chi connectivity index (χ0n) is 14.0. The molecule has 136 valence electrons. The van der Waals surface area contributed by atoms with Crippen molar-refractivity contribution in [3.05, 3.63) is 42.0 Å². The maximum absolute atomic E-state index is 14.4. The molecule has 0 saturated carbocycles. The fraction of sp³-hybridized carbons (Fsp3) is 0.412. The Morgan fingerprint density at radius 3 is 2.72 bits per heavy atom. The molecule has 0 bridgehead atoms. The molecule has 1 aromatic heterocycles. The van der Waals surface area contributed by atoms with E-state index in [9.17, 15) is 9.18 Å². The van der Waals surface area contributed by atoms with Gasteiger partial charge in [0.1, 0.15) is 5.69 Å². The molecular formula is C17H22ClFN4O2. The minimum absolute atomic E-state index is 0. The Hall–Kier alpha value is -1.96. The summed E-state index contributed by atoms with van der Waals surface area (Å²) in [4.78, 5) is 12.6. The molecule has 6 nitrogen and oxygen atoms in total. The first kappa shape index (κ1) is 19.4. The number of nitrogens with one attached hydrogen (secondary N) is 1. The molecule has 8 heteroatoms. The number of anilines is 1. The highest BCUT2D eigenvalue weighted by molar-refractivity contribution is 5.95. The van der Waals surface area contributed by atoms with Gasteiger partial charge in [-0.05, 0) is 43.5 Å². The molecule has 3 N–H and O–H groups in total. The fourth-order valence-corrected chi connectivity index (χ4v) is 2.86. The van der Waals surface area contributed by atoms with Crippen molar-refractivity contribution < 1.29 is 13.9 Å². The Bertz CT molecular complexity index is 744. The second kappa shape index (κ2) is 7.95. The number of hydrogen-bond acceptors (Lipinski definition) is 4. The van der Waals surface area contributed by atoms with E-state index in [0.29, 0.717) is 37.4 Å². The zero-order valence-corrected chi connectivity index (χ0v) is 14.8. The summed E-state index contributed by atoms with van der Waals surface area (Å²) in [7, 11) is 0. The molecule has 1 saturated heterocycles. The van der Waals surface area contributed by atoms with E-state index >= 15 is 0 Å². The molecular weight excluding hydrogens is 347 g/mol. The van der Waals surface area contributed by atoms with Gasteiger partial charge in [0.2, 0.25) is 5.91 Å². The first-order chi connectivity index (χ1) is 11.5. The van der Waals surface area contributed by atoms with Crippen LogP contribution in [-0.2, 0) is 9.53 Å². The number of rotatable bonds is 4. The molecule has 2 heterocycles. The summed E-state index contributed by atoms with van der Waals surface area (Å²) >= 11 is 0. The molecule has 25 heavy (non-hydrogen) atoms. The molecule has 0 aliphatic carbocycles. The van der Waals surface area contributed by atoms with Gasteiger partial charge in [0.05, 0.1) is 11.6 Å². The average Bonchev–Trinajstić information content (AvgIpc) is 3.01. The molecule has 3 rings (SSSR count). The second-order valence-corrected chi connectivity index (χ2v) is 6.18. The summed E-state index contributed by atoms with van der Waals surface area (Å²) in [5.74, 6) is -0.639. The lowest BCUT2D eigenvalue weighted by Gasteiger charge is -2.34. The summed E-state index contributed by atoms with van der Waals surface area (Å²) in [6.45, 7) is 3.15. The lowest BCUT2D eigenvalue weighted by Crippen LogP contribution is -2.46. The van der Waals surface area contributed by atoms with E-state index in [0.717, 1.165) is 5.56 Å². The van der Waals surface area contributed by atoms with Crippen molar-refractivity contribution in [1.82, 2.24) is 9.78 Å². The smallest absolute Gasteiger partial charge is 0.232 e. The molecule has 0 unspecified atom stereocenters. The SMILES string of the molecule is Cc1cnn(-c2ccc(NC(=O)C3(CN)CCOCC3)cc2F)c1.Cl. The summed E-state index contributed by atoms with van der Waals surface area (Å²) in [6.07, 6.45) is 4.54. The molecule has 1 fully saturated rings. The average molecular weight is 369 g/mol. The number of ether oxygens (including phenoxy) is 1. The lowest BCUT2D eigenvalue weighted by atomic mass is 9.79. The van der Waals surface area contributed by atoms with Crippen LogP contribution in [0.3, 0.4) is 0 Å². The Balaban J connectivity index is 0.00000225. The highest BCUT2D eigenvalue weighted by atomic mass is 35.5. The van der Waals surface area contributed by atoms with Crippen LogP contribution in [0.5, 0.6) is 0 Å². The largest absolute Gasteiger partial charge is 0.381 e. The third-order valence-electron chi connectivity index (χ3n) is 4.49. The van der Waals surface area contributed by atoms with Gasteiger partial charge in [-0.3, -0.25) is 4.79 Å². The van der Waals surface area contributed by atoms with Crippen molar-refractivity contribution in [3.8, 4) is 5.69 Å². The van der Waals surface area contributed by atoms with Crippen LogP contribution in [0.2, 0.25) is 0 Å². The maximum Gasteiger partial charge on any atom is 0.232 e. The van der Waals surface area contributed by atoms with Gasteiger partial charge in [-0.25, -0.2) is 9.07 Å². The minimum Gasteiger partial charge on any atom is -0.381 e. The number of nitrogens with zero attached hydrogens (tertiary/aromatic N) is 2. The van der Waals surface area contributed by atoms with Crippen molar-refractivity contribution >= 4 is 24.0 Å². The quantitative estimate of drug-likeness (QED) is 0.868. The number of aryl methyl sites for hydroxylation is 1. The van der Waals surface area contributed by atoms with Crippen molar-refractivity contribution in [2.75, 3.05) is 25.1 Å². The van der Waals surface area contributed by atoms with E-state index in [1.54, 1.807) is 24.5 Å². The van der Waals surface area contributed by atoms with Gasteiger partial charge in [-0.2, -0.15) is 5.10 Å². The molecule has 0 radical (unpaired) electrons. The van der Waals surface area contributed by atoms with E-state index in [1.165, 1.54) is 10.7 Å². The predicted octanol–water partition coefficient (Wildman–Crippen LogP) is 2.44. The fourth-order valence-electron chi connectivity index (χ4n) is 2.86. The summed E-state index contributed by atoms with van der Waals surface area (Å²) < 4.78 is 21.1. The lowest BCUT2D eigenvalue weighted by molar-refractivity contribution is -0.130. The number of carbonyl (C=O) groups is 1. The minimum atomic E-state index is -0.646. The number of halogens is 2. The number of amides is 1. The second-order valence-electron chi connectivity index (χ2n) is 6.18. The van der Waals surface area contributed by atoms with Gasteiger partial charge >= 0.3 is 0 Å². The zero-order chi connectivity index (χ0) is 17.2. The van der Waals surface area contributed by atoms with Gasteiger partial charge in [-0.15, -0.1) is 12.4 Å². The van der Waals surface area contributed by atoms with Crippen molar-refractivity contribution in [1.29, 1.82) is 0 Å². The van der Waals surface area contributed by atoms with Gasteiger partial charge in [0.25, 0.3) is 0 Å². The number of carbonyl (C=O) groups excluding carboxylic acids is 1. The van der Waals surface area contributed by atoms with E-state index in [1.807, 2.05) is 6.92 Å². The third-order valence-corrected chi connectivity index (χ3v) is 4.49. The normalized spacial score (nSPS) is 16.1. The van der Waals surface area contributed by atoms with Crippen molar-refractivity contribution in [3.63, 3.8) is 0 Å². The summed E-state index contributed by atoms with van der Waals surface area (Å²) in [6, 6.07) is 4.56. The maximum atomic E-state index is 14.4. The highest BCUT2D eigenvalue weighted by Gasteiger charge is 2.38. The van der Waals surface area contributed by atoms with E-state index in [-0.39, 0.29) is 24.9 Å². The highest BCUT2D eigenvalue weighted by Crippen LogP contribution is 2.31. The standard InChI is InChI=1S/C17H21FN4O2.ClH/c1-12-9-20-22(10-12)15-3-2-13(8-14(15)18)21-16(23)17(11-19)4-6-24-7-5-17;/h2-3,8-10H,4-7,11,19H2,1H3,(H,21,23);1H. The topological polar surface area (TPSA) is 82.2 Å². The van der Waals surface area contributed by atoms with Gasteiger partial charge in [0.15, 0.2) is 5.82 Å². The monoisotopic (exact) mass is 368 g/mol. The summed E-state index contributed by atoms with van der Waals surface area (Å²) in [5.41, 5.74) is 6.86. The van der Waals surface area contributed by atoms with E-state index in [2.05, 4.69) is 10.4 Å². The van der Waals surface area contributed by atoms with Crippen LogP contribution < -0.4 is 11.1 Å². The third kappa shape index (κ3) is 4.00. The van der Waals surface area contributed by atoms with Crippen LogP contribution in [-0.4, -0.2) is 35.4 Å². The first-order valence-corrected chi connectivity index (χ1v) is 7.94. The molecule has 1 amide bonds. The molecule has 1 aromatic carbocycles. The molecule has 1 aliphatic rings. The number of hydrogen-bond donors (Lipinski definition) is 2. The van der Waals surface area contributed by atoms with Crippen molar-refractivity contribution in [2.24, 2.45) is 11.1 Å². The molecule has 2 aromatic rings. The van der Waals surface area contributed by atoms with Crippen LogP contribution in [0, 0.1) is 18.2 Å². The Kier molecular flexibility index (Phi) is 6.16. The number of nitrogens with two attached hydrogens (primary N) is 1. The van der Waals surface area contributed by atoms with Crippen LogP contribution in [0.25, 0.3) is 5.69 Å². The number of aromatic nitrogens is 2. The Morgan fingerprint density at radius 1 is 1.44 bits per heavy atom. The van der Waals surface area contributed by atoms with Crippen LogP contribution in [0.15, 0.2) is 30.6 Å². The first-order valence-electron chi connectivity index (χ1n) is 7.94. The van der Waals surface area contributed by atoms with Crippen LogP contribution in [0.4, 0.5) is 10.1 Å². The predicted molar refractivity (Wildman–Crippen MR) is 95.7 cm³/mol. The molecule has 1 aliphatic heterocycles.